The van der Waals surface area contributed by atoms with Gasteiger partial charge in [0, 0.05) is 6.42 Å². The quantitative estimate of drug-likeness (QED) is 0.614. The Balaban J connectivity index is 1.51. The van der Waals surface area contributed by atoms with Crippen LogP contribution in [0.25, 0.3) is 0 Å². The van der Waals surface area contributed by atoms with Crippen molar-refractivity contribution in [1.29, 1.82) is 0 Å². The lowest BCUT2D eigenvalue weighted by molar-refractivity contribution is -0.137. The first-order valence-corrected chi connectivity index (χ1v) is 12.2. The van der Waals surface area contributed by atoms with E-state index in [4.69, 9.17) is 5.11 Å². The molecule has 160 valence electrons. The average Bonchev–Trinajstić information content (AvgIpc) is 2.91. The molecule has 4 saturated carbocycles. The summed E-state index contributed by atoms with van der Waals surface area (Å²) in [5, 5.41) is 20.1. The van der Waals surface area contributed by atoms with Crippen molar-refractivity contribution in [1.82, 2.24) is 0 Å². The van der Waals surface area contributed by atoms with Gasteiger partial charge < -0.3 is 10.2 Å². The van der Waals surface area contributed by atoms with Gasteiger partial charge in [0.1, 0.15) is 0 Å². The molecule has 0 aromatic rings. The summed E-state index contributed by atoms with van der Waals surface area (Å²) in [5.41, 5.74) is 0.805. The summed E-state index contributed by atoms with van der Waals surface area (Å²) in [5.74, 6) is 3.38. The maximum Gasteiger partial charge on any atom is 0.303 e. The highest BCUT2D eigenvalue weighted by atomic mass is 16.4. The predicted molar refractivity (Wildman–Crippen MR) is 112 cm³/mol. The van der Waals surface area contributed by atoms with Crippen LogP contribution in [0.3, 0.4) is 0 Å². The Morgan fingerprint density at radius 2 is 1.82 bits per heavy atom. The fourth-order valence-electron chi connectivity index (χ4n) is 9.13. The highest BCUT2D eigenvalue weighted by Gasteiger charge is 2.62. The SMILES string of the molecule is C[C@H](CCCC(=O)O)[C@H]1C(O)C[C@H]2[C@@H]3CCC4CCCC[C@]4(C)[C@H]3CC[C@]12C. The Morgan fingerprint density at radius 3 is 2.57 bits per heavy atom. The number of carboxylic acid groups (broad SMARTS) is 1. The molecule has 4 rings (SSSR count). The highest BCUT2D eigenvalue weighted by molar-refractivity contribution is 5.66. The Labute approximate surface area is 171 Å². The third kappa shape index (κ3) is 3.24. The number of aliphatic hydroxyl groups is 1. The third-order valence-corrected chi connectivity index (χ3v) is 10.4. The van der Waals surface area contributed by atoms with Gasteiger partial charge in [-0.15, -0.1) is 0 Å². The molecule has 2 unspecified atom stereocenters. The van der Waals surface area contributed by atoms with Crippen LogP contribution >= 0.6 is 0 Å². The van der Waals surface area contributed by atoms with E-state index in [0.29, 0.717) is 23.2 Å². The molecule has 0 amide bonds. The maximum absolute atomic E-state index is 11.1. The molecule has 9 atom stereocenters. The van der Waals surface area contributed by atoms with Crippen molar-refractivity contribution >= 4 is 5.97 Å². The largest absolute Gasteiger partial charge is 0.481 e. The molecule has 28 heavy (non-hydrogen) atoms. The smallest absolute Gasteiger partial charge is 0.303 e. The van der Waals surface area contributed by atoms with E-state index in [1.54, 1.807) is 0 Å². The minimum atomic E-state index is -0.693. The molecule has 3 heteroatoms. The lowest BCUT2D eigenvalue weighted by Crippen LogP contribution is -2.53. The topological polar surface area (TPSA) is 57.5 Å². The van der Waals surface area contributed by atoms with Gasteiger partial charge in [0.25, 0.3) is 0 Å². The summed E-state index contributed by atoms with van der Waals surface area (Å²) in [6, 6.07) is 0. The lowest BCUT2D eigenvalue weighted by atomic mass is 9.44. The zero-order valence-electron chi connectivity index (χ0n) is 18.3. The van der Waals surface area contributed by atoms with Gasteiger partial charge in [-0.3, -0.25) is 4.79 Å². The molecule has 0 heterocycles. The Hall–Kier alpha value is -0.570. The van der Waals surface area contributed by atoms with E-state index in [1.165, 1.54) is 51.4 Å². The normalized spacial score (nSPS) is 49.0. The monoisotopic (exact) mass is 390 g/mol. The summed E-state index contributed by atoms with van der Waals surface area (Å²) < 4.78 is 0. The van der Waals surface area contributed by atoms with Gasteiger partial charge in [-0.2, -0.15) is 0 Å². The second-order valence-corrected chi connectivity index (χ2v) is 11.5. The van der Waals surface area contributed by atoms with Crippen molar-refractivity contribution in [2.75, 3.05) is 0 Å². The summed E-state index contributed by atoms with van der Waals surface area (Å²) in [7, 11) is 0. The number of carboxylic acids is 1. The molecular weight excluding hydrogens is 348 g/mol. The fraction of sp³-hybridized carbons (Fsp3) is 0.960. The van der Waals surface area contributed by atoms with Crippen LogP contribution in [0.15, 0.2) is 0 Å². The Morgan fingerprint density at radius 1 is 1.04 bits per heavy atom. The van der Waals surface area contributed by atoms with Crippen LogP contribution in [-0.2, 0) is 4.79 Å². The average molecular weight is 391 g/mol. The van der Waals surface area contributed by atoms with Crippen molar-refractivity contribution in [3.05, 3.63) is 0 Å². The van der Waals surface area contributed by atoms with Gasteiger partial charge in [-0.05, 0) is 104 Å². The van der Waals surface area contributed by atoms with E-state index in [0.717, 1.165) is 37.0 Å². The molecular formula is C25H42O3. The Bertz CT molecular complexity index is 588. The van der Waals surface area contributed by atoms with Gasteiger partial charge >= 0.3 is 5.97 Å². The number of rotatable bonds is 5. The predicted octanol–water partition coefficient (Wildman–Crippen LogP) is 5.90. The molecule has 4 aliphatic carbocycles. The molecule has 2 N–H and O–H groups in total. The fourth-order valence-corrected chi connectivity index (χ4v) is 9.13. The first-order valence-electron chi connectivity index (χ1n) is 12.2. The van der Waals surface area contributed by atoms with Crippen LogP contribution in [0.4, 0.5) is 0 Å². The number of carbonyl (C=O) groups is 1. The van der Waals surface area contributed by atoms with Gasteiger partial charge in [-0.25, -0.2) is 0 Å². The minimum Gasteiger partial charge on any atom is -0.481 e. The van der Waals surface area contributed by atoms with Gasteiger partial charge in [0.2, 0.25) is 0 Å². The molecule has 4 fully saturated rings. The number of hydrogen-bond donors (Lipinski definition) is 2. The molecule has 0 aromatic heterocycles. The van der Waals surface area contributed by atoms with Crippen LogP contribution in [-0.4, -0.2) is 22.3 Å². The van der Waals surface area contributed by atoms with Crippen LogP contribution in [0, 0.1) is 46.3 Å². The van der Waals surface area contributed by atoms with Crippen molar-refractivity contribution < 1.29 is 15.0 Å². The van der Waals surface area contributed by atoms with Crippen molar-refractivity contribution in [2.24, 2.45) is 46.3 Å². The first-order chi connectivity index (χ1) is 13.3. The van der Waals surface area contributed by atoms with Crippen molar-refractivity contribution in [3.8, 4) is 0 Å². The molecule has 4 aliphatic rings. The van der Waals surface area contributed by atoms with E-state index in [1.807, 2.05) is 0 Å². The van der Waals surface area contributed by atoms with E-state index < -0.39 is 5.97 Å². The summed E-state index contributed by atoms with van der Waals surface area (Å²) >= 11 is 0. The van der Waals surface area contributed by atoms with Crippen LogP contribution < -0.4 is 0 Å². The standard InChI is InChI=1S/C25H42O3/c1-16(7-6-9-22(27)28)23-21(26)15-20-18-11-10-17-8-4-5-13-24(17,2)19(18)12-14-25(20,23)3/h16-21,23,26H,4-15H2,1-3H3,(H,27,28)/t16-,17?,18-,19+,20+,21?,23+,24+,25+/m1/s1. The maximum atomic E-state index is 11.1. The van der Waals surface area contributed by atoms with Gasteiger partial charge in [0.05, 0.1) is 6.10 Å². The van der Waals surface area contributed by atoms with E-state index in [-0.39, 0.29) is 17.9 Å². The van der Waals surface area contributed by atoms with Crippen LogP contribution in [0.1, 0.15) is 97.8 Å². The second-order valence-electron chi connectivity index (χ2n) is 11.5. The van der Waals surface area contributed by atoms with E-state index in [9.17, 15) is 9.90 Å². The van der Waals surface area contributed by atoms with E-state index >= 15 is 0 Å². The second kappa shape index (κ2) is 7.60. The number of hydrogen-bond acceptors (Lipinski definition) is 2. The highest BCUT2D eigenvalue weighted by Crippen LogP contribution is 2.68. The molecule has 0 aromatic carbocycles. The molecule has 0 bridgehead atoms. The summed E-state index contributed by atoms with van der Waals surface area (Å²) in [6.07, 6.45) is 13.9. The van der Waals surface area contributed by atoms with Crippen molar-refractivity contribution in [2.45, 2.75) is 104 Å². The zero-order chi connectivity index (χ0) is 20.1. The summed E-state index contributed by atoms with van der Waals surface area (Å²) in [4.78, 5) is 10.9. The zero-order valence-corrected chi connectivity index (χ0v) is 18.3. The number of aliphatic hydroxyl groups excluding tert-OH is 1. The van der Waals surface area contributed by atoms with Crippen molar-refractivity contribution in [3.63, 3.8) is 0 Å². The molecule has 0 spiro atoms. The summed E-state index contributed by atoms with van der Waals surface area (Å²) in [6.45, 7) is 7.38. The van der Waals surface area contributed by atoms with Gasteiger partial charge in [0.15, 0.2) is 0 Å². The lowest BCUT2D eigenvalue weighted by Gasteiger charge is -2.60. The molecule has 0 aliphatic heterocycles. The first kappa shape index (κ1) is 20.7. The van der Waals surface area contributed by atoms with Gasteiger partial charge in [-0.1, -0.05) is 33.6 Å². The third-order valence-electron chi connectivity index (χ3n) is 10.4. The molecule has 3 nitrogen and oxygen atoms in total. The van der Waals surface area contributed by atoms with E-state index in [2.05, 4.69) is 20.8 Å². The number of fused-ring (bicyclic) bond motifs is 5. The minimum absolute atomic E-state index is 0.189. The molecule has 0 saturated heterocycles. The van der Waals surface area contributed by atoms with Crippen LogP contribution in [0.2, 0.25) is 0 Å². The Kier molecular flexibility index (Phi) is 5.61. The number of aliphatic carboxylic acids is 1. The van der Waals surface area contributed by atoms with Crippen LogP contribution in [0.5, 0.6) is 0 Å². The molecule has 0 radical (unpaired) electrons.